The number of nitriles is 1. The van der Waals surface area contributed by atoms with Crippen molar-refractivity contribution in [2.24, 2.45) is 0 Å². The van der Waals surface area contributed by atoms with Gasteiger partial charge in [0, 0.05) is 25.1 Å². The molecule has 39 heavy (non-hydrogen) atoms. The second kappa shape index (κ2) is 13.0. The molecule has 1 saturated heterocycles. The predicted octanol–water partition coefficient (Wildman–Crippen LogP) is 3.32. The van der Waals surface area contributed by atoms with Crippen LogP contribution in [0.3, 0.4) is 0 Å². The van der Waals surface area contributed by atoms with E-state index in [0.29, 0.717) is 42.0 Å². The molecule has 2 N–H and O–H groups in total. The lowest BCUT2D eigenvalue weighted by Gasteiger charge is -2.29. The summed E-state index contributed by atoms with van der Waals surface area (Å²) in [5.74, 6) is 0.518. The zero-order chi connectivity index (χ0) is 28.6. The summed E-state index contributed by atoms with van der Waals surface area (Å²) >= 11 is 0. The Hall–Kier alpha value is -4.26. The van der Waals surface area contributed by atoms with E-state index in [1.54, 1.807) is 58.2 Å². The van der Waals surface area contributed by atoms with Crippen LogP contribution in [-0.2, 0) is 27.3 Å². The highest BCUT2D eigenvalue weighted by atomic mass is 16.6. The molecule has 0 unspecified atom stereocenters. The SMILES string of the molecule is COc1ccc(C[C@@H](NC(=O)OC(C)(C)C)C(=O)N2CCC[C@H]2C(=O)NCc2ccc(C#N)cc2OC)cc1. The fourth-order valence-electron chi connectivity index (χ4n) is 4.41. The third kappa shape index (κ3) is 8.11. The van der Waals surface area contributed by atoms with Gasteiger partial charge in [-0.15, -0.1) is 0 Å². The average molecular weight is 537 g/mol. The fraction of sp³-hybridized carbons (Fsp3) is 0.448. The minimum absolute atomic E-state index is 0.178. The lowest BCUT2D eigenvalue weighted by Crippen LogP contribution is -2.54. The van der Waals surface area contributed by atoms with Gasteiger partial charge in [-0.1, -0.05) is 18.2 Å². The molecule has 1 fully saturated rings. The summed E-state index contributed by atoms with van der Waals surface area (Å²) in [7, 11) is 3.07. The molecular weight excluding hydrogens is 500 g/mol. The van der Waals surface area contributed by atoms with Crippen LogP contribution in [0.15, 0.2) is 42.5 Å². The van der Waals surface area contributed by atoms with E-state index in [-0.39, 0.29) is 24.8 Å². The Morgan fingerprint density at radius 2 is 1.82 bits per heavy atom. The number of nitrogens with one attached hydrogen (secondary N) is 2. The summed E-state index contributed by atoms with van der Waals surface area (Å²) in [6.45, 7) is 5.81. The molecule has 0 radical (unpaired) electrons. The van der Waals surface area contributed by atoms with Crippen molar-refractivity contribution in [1.82, 2.24) is 15.5 Å². The molecule has 3 amide bonds. The maximum Gasteiger partial charge on any atom is 0.408 e. The lowest BCUT2D eigenvalue weighted by molar-refractivity contribution is -0.140. The summed E-state index contributed by atoms with van der Waals surface area (Å²) in [6.07, 6.45) is 0.674. The van der Waals surface area contributed by atoms with Crippen molar-refractivity contribution in [2.75, 3.05) is 20.8 Å². The van der Waals surface area contributed by atoms with E-state index < -0.39 is 23.8 Å². The van der Waals surface area contributed by atoms with Gasteiger partial charge in [-0.3, -0.25) is 9.59 Å². The topological polar surface area (TPSA) is 130 Å². The van der Waals surface area contributed by atoms with Gasteiger partial charge < -0.3 is 29.7 Å². The Kier molecular flexibility index (Phi) is 9.77. The molecule has 10 heteroatoms. The van der Waals surface area contributed by atoms with Gasteiger partial charge in [0.05, 0.1) is 25.9 Å². The minimum Gasteiger partial charge on any atom is -0.497 e. The van der Waals surface area contributed by atoms with E-state index >= 15 is 0 Å². The van der Waals surface area contributed by atoms with E-state index in [2.05, 4.69) is 16.7 Å². The maximum atomic E-state index is 13.7. The Morgan fingerprint density at radius 1 is 1.10 bits per heavy atom. The van der Waals surface area contributed by atoms with Crippen molar-refractivity contribution in [3.05, 3.63) is 59.2 Å². The van der Waals surface area contributed by atoms with Gasteiger partial charge in [-0.05, 0) is 63.4 Å². The molecule has 0 spiro atoms. The van der Waals surface area contributed by atoms with Crippen molar-refractivity contribution >= 4 is 17.9 Å². The number of rotatable bonds is 9. The average Bonchev–Trinajstić information content (AvgIpc) is 3.40. The number of likely N-dealkylation sites (tertiary alicyclic amines) is 1. The first-order valence-corrected chi connectivity index (χ1v) is 12.8. The van der Waals surface area contributed by atoms with E-state index in [4.69, 9.17) is 19.5 Å². The number of hydrogen-bond donors (Lipinski definition) is 2. The van der Waals surface area contributed by atoms with Crippen molar-refractivity contribution in [1.29, 1.82) is 5.26 Å². The van der Waals surface area contributed by atoms with Crippen LogP contribution < -0.4 is 20.1 Å². The summed E-state index contributed by atoms with van der Waals surface area (Å²) in [6, 6.07) is 12.7. The molecule has 0 aromatic heterocycles. The largest absolute Gasteiger partial charge is 0.497 e. The molecule has 1 heterocycles. The molecule has 2 atom stereocenters. The number of alkyl carbamates (subject to hydrolysis) is 1. The molecule has 1 aliphatic heterocycles. The normalized spacial score (nSPS) is 15.6. The third-order valence-corrected chi connectivity index (χ3v) is 6.30. The molecule has 10 nitrogen and oxygen atoms in total. The van der Waals surface area contributed by atoms with Crippen molar-refractivity contribution in [3.63, 3.8) is 0 Å². The van der Waals surface area contributed by atoms with Gasteiger partial charge in [0.1, 0.15) is 29.2 Å². The van der Waals surface area contributed by atoms with Crippen LogP contribution in [0, 0.1) is 11.3 Å². The van der Waals surface area contributed by atoms with Crippen LogP contribution in [-0.4, -0.2) is 61.3 Å². The maximum absolute atomic E-state index is 13.7. The van der Waals surface area contributed by atoms with Gasteiger partial charge in [-0.25, -0.2) is 4.79 Å². The van der Waals surface area contributed by atoms with E-state index in [9.17, 15) is 14.4 Å². The smallest absolute Gasteiger partial charge is 0.408 e. The molecule has 0 saturated carbocycles. The van der Waals surface area contributed by atoms with Crippen LogP contribution in [0.1, 0.15) is 50.3 Å². The van der Waals surface area contributed by atoms with Crippen LogP contribution in [0.2, 0.25) is 0 Å². The summed E-state index contributed by atoms with van der Waals surface area (Å²) in [5, 5.41) is 14.7. The number of hydrogen-bond acceptors (Lipinski definition) is 7. The third-order valence-electron chi connectivity index (χ3n) is 6.30. The Labute approximate surface area is 229 Å². The summed E-state index contributed by atoms with van der Waals surface area (Å²) in [4.78, 5) is 41.1. The zero-order valence-electron chi connectivity index (χ0n) is 23.1. The number of amides is 3. The molecule has 1 aliphatic rings. The highest BCUT2D eigenvalue weighted by molar-refractivity contribution is 5.92. The first kappa shape index (κ1) is 29.3. The summed E-state index contributed by atoms with van der Waals surface area (Å²) in [5.41, 5.74) is 1.25. The Balaban J connectivity index is 1.74. The number of nitrogens with zero attached hydrogens (tertiary/aromatic N) is 2. The number of carbonyl (C=O) groups is 3. The minimum atomic E-state index is -0.930. The Morgan fingerprint density at radius 3 is 2.44 bits per heavy atom. The van der Waals surface area contributed by atoms with Crippen LogP contribution in [0.25, 0.3) is 0 Å². The number of benzene rings is 2. The second-order valence-electron chi connectivity index (χ2n) is 10.3. The van der Waals surface area contributed by atoms with Crippen molar-refractivity contribution in [3.8, 4) is 17.6 Å². The molecule has 2 aromatic carbocycles. The molecule has 0 aliphatic carbocycles. The summed E-state index contributed by atoms with van der Waals surface area (Å²) < 4.78 is 16.0. The first-order valence-electron chi connectivity index (χ1n) is 12.8. The van der Waals surface area contributed by atoms with Crippen LogP contribution in [0.4, 0.5) is 4.79 Å². The fourth-order valence-corrected chi connectivity index (χ4v) is 4.41. The molecule has 2 aromatic rings. The predicted molar refractivity (Wildman–Crippen MR) is 144 cm³/mol. The number of methoxy groups -OCH3 is 2. The zero-order valence-corrected chi connectivity index (χ0v) is 23.1. The van der Waals surface area contributed by atoms with Crippen LogP contribution in [0.5, 0.6) is 11.5 Å². The monoisotopic (exact) mass is 536 g/mol. The van der Waals surface area contributed by atoms with Crippen LogP contribution >= 0.6 is 0 Å². The van der Waals surface area contributed by atoms with E-state index in [1.807, 2.05) is 12.1 Å². The first-order chi connectivity index (χ1) is 18.5. The molecule has 208 valence electrons. The molecular formula is C29H36N4O6. The van der Waals surface area contributed by atoms with Gasteiger partial charge in [0.2, 0.25) is 11.8 Å². The molecule has 0 bridgehead atoms. The quantitative estimate of drug-likeness (QED) is 0.503. The number of ether oxygens (including phenoxy) is 3. The second-order valence-corrected chi connectivity index (χ2v) is 10.3. The van der Waals surface area contributed by atoms with E-state index in [1.165, 1.54) is 12.0 Å². The van der Waals surface area contributed by atoms with Gasteiger partial charge in [0.15, 0.2) is 0 Å². The van der Waals surface area contributed by atoms with Gasteiger partial charge in [-0.2, -0.15) is 5.26 Å². The standard InChI is InChI=1S/C29H36N4O6/c1-29(2,3)39-28(36)32-23(15-19-9-12-22(37-4)13-10-19)27(35)33-14-6-7-24(33)26(34)31-18-21-11-8-20(17-30)16-25(21)38-5/h8-13,16,23-24H,6-7,14-15,18H2,1-5H3,(H,31,34)(H,32,36)/t23-,24+/m1/s1. The lowest BCUT2D eigenvalue weighted by atomic mass is 10.0. The van der Waals surface area contributed by atoms with E-state index in [0.717, 1.165) is 5.56 Å². The number of carbonyl (C=O) groups excluding carboxylic acids is 3. The van der Waals surface area contributed by atoms with Crippen molar-refractivity contribution in [2.45, 2.75) is 64.3 Å². The van der Waals surface area contributed by atoms with Crippen molar-refractivity contribution < 1.29 is 28.6 Å². The molecule has 3 rings (SSSR count). The van der Waals surface area contributed by atoms with Gasteiger partial charge in [0.25, 0.3) is 0 Å². The van der Waals surface area contributed by atoms with Gasteiger partial charge >= 0.3 is 6.09 Å². The highest BCUT2D eigenvalue weighted by Gasteiger charge is 2.38. The highest BCUT2D eigenvalue weighted by Crippen LogP contribution is 2.23. The Bertz CT molecular complexity index is 1220.